The summed E-state index contributed by atoms with van der Waals surface area (Å²) >= 11 is 0. The minimum Gasteiger partial charge on any atom is -0.508 e. The van der Waals surface area contributed by atoms with E-state index in [4.69, 9.17) is 9.47 Å². The van der Waals surface area contributed by atoms with E-state index in [1.54, 1.807) is 24.3 Å². The quantitative estimate of drug-likeness (QED) is 0.266. The highest BCUT2D eigenvalue weighted by atomic mass is 16.5. The van der Waals surface area contributed by atoms with E-state index >= 15 is 0 Å². The lowest BCUT2D eigenvalue weighted by Crippen LogP contribution is -2.00. The van der Waals surface area contributed by atoms with Crippen LogP contribution in [0, 0.1) is 0 Å². The van der Waals surface area contributed by atoms with Crippen LogP contribution in [0.15, 0.2) is 71.7 Å². The predicted octanol–water partition coefficient (Wildman–Crippen LogP) is 7.17. The fourth-order valence-corrected chi connectivity index (χ4v) is 3.05. The molecule has 0 saturated carbocycles. The van der Waals surface area contributed by atoms with Crippen molar-refractivity contribution in [1.29, 1.82) is 0 Å². The molecule has 162 valence electrons. The molecule has 1 N–H and O–H groups in total. The van der Waals surface area contributed by atoms with Crippen LogP contribution in [0.2, 0.25) is 0 Å². The molecule has 31 heavy (non-hydrogen) atoms. The Morgan fingerprint density at radius 2 is 1.52 bits per heavy atom. The first-order valence-electron chi connectivity index (χ1n) is 11.0. The van der Waals surface area contributed by atoms with Crippen LogP contribution in [0.4, 0.5) is 5.69 Å². The monoisotopic (exact) mass is 417 g/mol. The van der Waals surface area contributed by atoms with Gasteiger partial charge in [-0.05, 0) is 72.5 Å². The fourth-order valence-electron chi connectivity index (χ4n) is 3.05. The molecule has 0 fully saturated rings. The van der Waals surface area contributed by atoms with Crippen molar-refractivity contribution in [2.24, 2.45) is 4.99 Å². The first-order valence-corrected chi connectivity index (χ1v) is 11.0. The zero-order valence-corrected chi connectivity index (χ0v) is 18.4. The summed E-state index contributed by atoms with van der Waals surface area (Å²) in [7, 11) is 0. The second kappa shape index (κ2) is 11.8. The highest BCUT2D eigenvalue weighted by Gasteiger charge is 2.07. The van der Waals surface area contributed by atoms with Gasteiger partial charge in [0.2, 0.25) is 0 Å². The van der Waals surface area contributed by atoms with Gasteiger partial charge < -0.3 is 14.6 Å². The molecule has 3 rings (SSSR count). The molecular formula is C27H31NO3. The number of aromatic hydroxyl groups is 1. The molecule has 0 unspecified atom stereocenters. The van der Waals surface area contributed by atoms with E-state index < -0.39 is 0 Å². The topological polar surface area (TPSA) is 51.0 Å². The SMILES string of the molecule is CCCCOc1cccc(-c2ccc(C=Nc3ccc(O)cc3)c(OCCCC)c2)c1. The number of phenols is 1. The predicted molar refractivity (Wildman–Crippen MR) is 128 cm³/mol. The lowest BCUT2D eigenvalue weighted by molar-refractivity contribution is 0.308. The van der Waals surface area contributed by atoms with Crippen LogP contribution in [-0.4, -0.2) is 24.5 Å². The fraction of sp³-hybridized carbons (Fsp3) is 0.296. The molecule has 0 atom stereocenters. The van der Waals surface area contributed by atoms with Crippen molar-refractivity contribution in [2.75, 3.05) is 13.2 Å². The molecule has 4 heteroatoms. The van der Waals surface area contributed by atoms with Crippen molar-refractivity contribution in [2.45, 2.75) is 39.5 Å². The van der Waals surface area contributed by atoms with Crippen LogP contribution >= 0.6 is 0 Å². The molecule has 0 aromatic heterocycles. The van der Waals surface area contributed by atoms with Gasteiger partial charge in [-0.3, -0.25) is 4.99 Å². The third-order valence-electron chi connectivity index (χ3n) is 4.91. The Morgan fingerprint density at radius 1 is 0.806 bits per heavy atom. The Labute approximate surface area is 185 Å². The van der Waals surface area contributed by atoms with Crippen molar-refractivity contribution in [1.82, 2.24) is 0 Å². The van der Waals surface area contributed by atoms with E-state index in [2.05, 4.69) is 43.1 Å². The van der Waals surface area contributed by atoms with E-state index in [1.807, 2.05) is 24.4 Å². The maximum atomic E-state index is 9.44. The number of hydrogen-bond acceptors (Lipinski definition) is 4. The molecule has 0 aliphatic carbocycles. The van der Waals surface area contributed by atoms with Crippen LogP contribution in [-0.2, 0) is 0 Å². The molecule has 0 bridgehead atoms. The summed E-state index contributed by atoms with van der Waals surface area (Å²) in [5.74, 6) is 1.93. The molecule has 0 aliphatic rings. The van der Waals surface area contributed by atoms with Gasteiger partial charge in [-0.2, -0.15) is 0 Å². The van der Waals surface area contributed by atoms with Gasteiger partial charge >= 0.3 is 0 Å². The van der Waals surface area contributed by atoms with Crippen molar-refractivity contribution in [3.05, 3.63) is 72.3 Å². The number of phenolic OH excluding ortho intramolecular Hbond substituents is 1. The average molecular weight is 418 g/mol. The van der Waals surface area contributed by atoms with Gasteiger partial charge in [0.05, 0.1) is 18.9 Å². The normalized spacial score (nSPS) is 11.0. The molecule has 4 nitrogen and oxygen atoms in total. The maximum absolute atomic E-state index is 9.44. The summed E-state index contributed by atoms with van der Waals surface area (Å²) in [5.41, 5.74) is 3.87. The largest absolute Gasteiger partial charge is 0.508 e. The molecule has 3 aromatic rings. The number of unbranched alkanes of at least 4 members (excludes halogenated alkanes) is 2. The Kier molecular flexibility index (Phi) is 8.53. The molecule has 0 radical (unpaired) electrons. The van der Waals surface area contributed by atoms with Crippen LogP contribution in [0.1, 0.15) is 45.1 Å². The zero-order chi connectivity index (χ0) is 21.9. The minimum absolute atomic E-state index is 0.229. The molecule has 0 amide bonds. The lowest BCUT2D eigenvalue weighted by Gasteiger charge is -2.12. The van der Waals surface area contributed by atoms with Crippen LogP contribution in [0.3, 0.4) is 0 Å². The second-order valence-corrected chi connectivity index (χ2v) is 7.46. The van der Waals surface area contributed by atoms with E-state index in [9.17, 15) is 5.11 Å². The molecule has 0 saturated heterocycles. The molecule has 0 heterocycles. The standard InChI is InChI=1S/C27H31NO3/c1-3-5-16-30-26-9-7-8-21(18-26)22-10-11-23(27(19-22)31-17-6-4-2)20-28-24-12-14-25(29)15-13-24/h7-15,18-20,29H,3-6,16-17H2,1-2H3. The summed E-state index contributed by atoms with van der Waals surface area (Å²) in [6, 6.07) is 21.2. The number of aliphatic imine (C=N–C) groups is 1. The number of rotatable bonds is 11. The highest BCUT2D eigenvalue weighted by Crippen LogP contribution is 2.30. The van der Waals surface area contributed by atoms with Gasteiger partial charge in [-0.25, -0.2) is 0 Å². The van der Waals surface area contributed by atoms with Gasteiger partial charge in [0.25, 0.3) is 0 Å². The zero-order valence-electron chi connectivity index (χ0n) is 18.4. The van der Waals surface area contributed by atoms with E-state index in [0.29, 0.717) is 6.61 Å². The third kappa shape index (κ3) is 6.88. The summed E-state index contributed by atoms with van der Waals surface area (Å²) in [6.45, 7) is 5.71. The van der Waals surface area contributed by atoms with Crippen LogP contribution in [0.25, 0.3) is 11.1 Å². The second-order valence-electron chi connectivity index (χ2n) is 7.46. The summed E-state index contributed by atoms with van der Waals surface area (Å²) in [5, 5.41) is 9.44. The lowest BCUT2D eigenvalue weighted by atomic mass is 10.0. The first kappa shape index (κ1) is 22.4. The third-order valence-corrected chi connectivity index (χ3v) is 4.91. The average Bonchev–Trinajstić information content (AvgIpc) is 2.80. The molecule has 3 aromatic carbocycles. The number of hydrogen-bond donors (Lipinski definition) is 1. The number of nitrogens with zero attached hydrogens (tertiary/aromatic N) is 1. The van der Waals surface area contributed by atoms with Crippen molar-refractivity contribution < 1.29 is 14.6 Å². The van der Waals surface area contributed by atoms with Gasteiger partial charge in [-0.1, -0.05) is 44.9 Å². The van der Waals surface area contributed by atoms with Crippen molar-refractivity contribution in [3.63, 3.8) is 0 Å². The van der Waals surface area contributed by atoms with Gasteiger partial charge in [0.15, 0.2) is 0 Å². The molecule has 0 spiro atoms. The van der Waals surface area contributed by atoms with Crippen molar-refractivity contribution in [3.8, 4) is 28.4 Å². The van der Waals surface area contributed by atoms with E-state index in [1.165, 1.54) is 0 Å². The van der Waals surface area contributed by atoms with Crippen LogP contribution in [0.5, 0.6) is 17.2 Å². The smallest absolute Gasteiger partial charge is 0.128 e. The number of ether oxygens (including phenoxy) is 2. The van der Waals surface area contributed by atoms with Gasteiger partial charge in [0, 0.05) is 11.8 Å². The summed E-state index contributed by atoms with van der Waals surface area (Å²) in [4.78, 5) is 4.53. The summed E-state index contributed by atoms with van der Waals surface area (Å²) < 4.78 is 12.0. The van der Waals surface area contributed by atoms with E-state index in [0.717, 1.165) is 66.2 Å². The van der Waals surface area contributed by atoms with Crippen molar-refractivity contribution >= 4 is 11.9 Å². The maximum Gasteiger partial charge on any atom is 0.128 e. The first-order chi connectivity index (χ1) is 15.2. The van der Waals surface area contributed by atoms with E-state index in [-0.39, 0.29) is 5.75 Å². The Morgan fingerprint density at radius 3 is 2.26 bits per heavy atom. The Balaban J connectivity index is 1.84. The Hall–Kier alpha value is -3.27. The highest BCUT2D eigenvalue weighted by molar-refractivity contribution is 5.87. The Bertz CT molecular complexity index is 980. The molecular weight excluding hydrogens is 386 g/mol. The van der Waals surface area contributed by atoms with Crippen LogP contribution < -0.4 is 9.47 Å². The van der Waals surface area contributed by atoms with Gasteiger partial charge in [0.1, 0.15) is 17.2 Å². The number of benzene rings is 3. The minimum atomic E-state index is 0.229. The summed E-state index contributed by atoms with van der Waals surface area (Å²) in [6.07, 6.45) is 6.05. The van der Waals surface area contributed by atoms with Gasteiger partial charge in [-0.15, -0.1) is 0 Å². The molecule has 0 aliphatic heterocycles.